The number of benzene rings is 1. The van der Waals surface area contributed by atoms with Crippen molar-refractivity contribution in [2.24, 2.45) is 0 Å². The molecular formula is C18H20N4O2. The molecule has 1 unspecified atom stereocenters. The van der Waals surface area contributed by atoms with Gasteiger partial charge >= 0.3 is 0 Å². The van der Waals surface area contributed by atoms with Crippen LogP contribution < -0.4 is 5.32 Å². The van der Waals surface area contributed by atoms with E-state index in [0.717, 1.165) is 27.7 Å². The molecule has 3 aromatic rings. The van der Waals surface area contributed by atoms with Crippen LogP contribution in [0, 0.1) is 27.7 Å². The zero-order valence-electron chi connectivity index (χ0n) is 14.5. The van der Waals surface area contributed by atoms with Crippen LogP contribution in [0.5, 0.6) is 0 Å². The third kappa shape index (κ3) is 2.99. The van der Waals surface area contributed by atoms with Gasteiger partial charge in [-0.15, -0.1) is 10.2 Å². The van der Waals surface area contributed by atoms with Crippen LogP contribution in [0.1, 0.15) is 51.9 Å². The van der Waals surface area contributed by atoms with Gasteiger partial charge < -0.3 is 9.73 Å². The van der Waals surface area contributed by atoms with Gasteiger partial charge in [-0.2, -0.15) is 0 Å². The average Bonchev–Trinajstić information content (AvgIpc) is 2.94. The Bertz CT molecular complexity index is 930. The molecule has 2 aromatic heterocycles. The summed E-state index contributed by atoms with van der Waals surface area (Å²) in [7, 11) is 0. The summed E-state index contributed by atoms with van der Waals surface area (Å²) in [6.07, 6.45) is 0. The van der Waals surface area contributed by atoms with Gasteiger partial charge in [0.05, 0.1) is 11.1 Å². The molecule has 24 heavy (non-hydrogen) atoms. The van der Waals surface area contributed by atoms with E-state index in [4.69, 9.17) is 4.42 Å². The summed E-state index contributed by atoms with van der Waals surface area (Å²) < 4.78 is 5.38. The monoisotopic (exact) mass is 324 g/mol. The molecule has 1 amide bonds. The minimum atomic E-state index is -0.367. The van der Waals surface area contributed by atoms with Crippen LogP contribution in [0.2, 0.25) is 0 Å². The number of aromatic nitrogens is 3. The summed E-state index contributed by atoms with van der Waals surface area (Å²) in [6, 6.07) is 5.50. The van der Waals surface area contributed by atoms with E-state index in [1.807, 2.05) is 39.8 Å². The van der Waals surface area contributed by atoms with Gasteiger partial charge in [-0.1, -0.05) is 11.6 Å². The van der Waals surface area contributed by atoms with Gasteiger partial charge in [0, 0.05) is 18.0 Å². The third-order valence-corrected chi connectivity index (χ3v) is 3.88. The van der Waals surface area contributed by atoms with Crippen molar-refractivity contribution in [3.63, 3.8) is 0 Å². The number of hydrogen-bond acceptors (Lipinski definition) is 5. The Kier molecular flexibility index (Phi) is 4.05. The minimum Gasteiger partial charge on any atom is -0.423 e. The molecule has 1 atom stereocenters. The van der Waals surface area contributed by atoms with Crippen molar-refractivity contribution < 1.29 is 9.21 Å². The quantitative estimate of drug-likeness (QED) is 0.799. The summed E-state index contributed by atoms with van der Waals surface area (Å²) in [6.45, 7) is 9.44. The molecule has 0 aliphatic carbocycles. The highest BCUT2D eigenvalue weighted by Gasteiger charge is 2.19. The summed E-state index contributed by atoms with van der Waals surface area (Å²) in [5.74, 6) is 0.685. The molecule has 2 heterocycles. The SMILES string of the molecule is Cc1cc(C)c2nc(C)cc(C(=O)NC(C)c3nnc(C)o3)c2c1. The molecule has 0 fully saturated rings. The molecule has 1 aromatic carbocycles. The van der Waals surface area contributed by atoms with Crippen LogP contribution in [-0.2, 0) is 0 Å². The Balaban J connectivity index is 2.00. The lowest BCUT2D eigenvalue weighted by Crippen LogP contribution is -2.27. The normalized spacial score (nSPS) is 12.4. The van der Waals surface area contributed by atoms with Crippen molar-refractivity contribution in [2.75, 3.05) is 0 Å². The second kappa shape index (κ2) is 6.03. The molecule has 124 valence electrons. The molecule has 0 saturated heterocycles. The fraction of sp³-hybridized carbons (Fsp3) is 0.333. The first-order valence-corrected chi connectivity index (χ1v) is 7.84. The van der Waals surface area contributed by atoms with E-state index in [1.165, 1.54) is 0 Å². The fourth-order valence-electron chi connectivity index (χ4n) is 2.82. The highest BCUT2D eigenvalue weighted by molar-refractivity contribution is 6.07. The van der Waals surface area contributed by atoms with Crippen LogP contribution in [0.4, 0.5) is 0 Å². The molecule has 3 rings (SSSR count). The first-order valence-electron chi connectivity index (χ1n) is 7.84. The zero-order valence-corrected chi connectivity index (χ0v) is 14.5. The Morgan fingerprint density at radius 2 is 1.88 bits per heavy atom. The Morgan fingerprint density at radius 3 is 2.54 bits per heavy atom. The number of hydrogen-bond donors (Lipinski definition) is 1. The van der Waals surface area contributed by atoms with Gasteiger partial charge in [0.15, 0.2) is 0 Å². The van der Waals surface area contributed by atoms with Gasteiger partial charge in [-0.3, -0.25) is 9.78 Å². The molecule has 0 aliphatic heterocycles. The van der Waals surface area contributed by atoms with Gasteiger partial charge in [-0.25, -0.2) is 0 Å². The summed E-state index contributed by atoms with van der Waals surface area (Å²) in [4.78, 5) is 17.4. The summed E-state index contributed by atoms with van der Waals surface area (Å²) >= 11 is 0. The maximum absolute atomic E-state index is 12.8. The number of carbonyl (C=O) groups excluding carboxylic acids is 1. The van der Waals surface area contributed by atoms with E-state index >= 15 is 0 Å². The molecule has 1 N–H and O–H groups in total. The van der Waals surface area contributed by atoms with E-state index in [9.17, 15) is 4.79 Å². The van der Waals surface area contributed by atoms with Crippen molar-refractivity contribution in [1.82, 2.24) is 20.5 Å². The van der Waals surface area contributed by atoms with Crippen LogP contribution in [-0.4, -0.2) is 21.1 Å². The maximum atomic E-state index is 12.8. The predicted octanol–water partition coefficient (Wildman–Crippen LogP) is 3.34. The Hall–Kier alpha value is -2.76. The summed E-state index contributed by atoms with van der Waals surface area (Å²) in [5, 5.41) is 11.5. The van der Waals surface area contributed by atoms with Gasteiger partial charge in [0.2, 0.25) is 11.8 Å². The number of nitrogens with zero attached hydrogens (tertiary/aromatic N) is 3. The van der Waals surface area contributed by atoms with Gasteiger partial charge in [-0.05, 0) is 45.4 Å². The number of nitrogens with one attached hydrogen (secondary N) is 1. The highest BCUT2D eigenvalue weighted by atomic mass is 16.4. The highest BCUT2D eigenvalue weighted by Crippen LogP contribution is 2.24. The first kappa shape index (κ1) is 16.1. The molecule has 0 radical (unpaired) electrons. The Labute approximate surface area is 140 Å². The number of rotatable bonds is 3. The molecule has 0 bridgehead atoms. The number of pyridine rings is 1. The predicted molar refractivity (Wildman–Crippen MR) is 90.9 cm³/mol. The van der Waals surface area contributed by atoms with E-state index in [-0.39, 0.29) is 11.9 Å². The lowest BCUT2D eigenvalue weighted by atomic mass is 10.0. The lowest BCUT2D eigenvalue weighted by Gasteiger charge is -2.13. The van der Waals surface area contributed by atoms with Crippen molar-refractivity contribution in [3.05, 3.63) is 52.4 Å². The van der Waals surface area contributed by atoms with Crippen molar-refractivity contribution in [3.8, 4) is 0 Å². The van der Waals surface area contributed by atoms with Gasteiger partial charge in [0.1, 0.15) is 6.04 Å². The van der Waals surface area contributed by atoms with Crippen LogP contribution >= 0.6 is 0 Å². The fourth-order valence-corrected chi connectivity index (χ4v) is 2.82. The smallest absolute Gasteiger partial charge is 0.252 e. The second-order valence-corrected chi connectivity index (χ2v) is 6.14. The second-order valence-electron chi connectivity index (χ2n) is 6.14. The Morgan fingerprint density at radius 1 is 1.12 bits per heavy atom. The summed E-state index contributed by atoms with van der Waals surface area (Å²) in [5.41, 5.74) is 4.42. The van der Waals surface area contributed by atoms with E-state index in [2.05, 4.69) is 26.6 Å². The van der Waals surface area contributed by atoms with Crippen LogP contribution in [0.15, 0.2) is 22.6 Å². The zero-order chi connectivity index (χ0) is 17.4. The number of aryl methyl sites for hydroxylation is 4. The minimum absolute atomic E-state index is 0.182. The molecule has 0 spiro atoms. The molecule has 6 nitrogen and oxygen atoms in total. The number of fused-ring (bicyclic) bond motifs is 1. The lowest BCUT2D eigenvalue weighted by molar-refractivity contribution is 0.0935. The van der Waals surface area contributed by atoms with Crippen molar-refractivity contribution in [1.29, 1.82) is 0 Å². The number of amides is 1. The molecular weight excluding hydrogens is 304 g/mol. The molecule has 0 saturated carbocycles. The van der Waals surface area contributed by atoms with Crippen molar-refractivity contribution in [2.45, 2.75) is 40.7 Å². The molecule has 0 aliphatic rings. The number of carbonyl (C=O) groups is 1. The maximum Gasteiger partial charge on any atom is 0.252 e. The van der Waals surface area contributed by atoms with E-state index in [1.54, 1.807) is 6.92 Å². The third-order valence-electron chi connectivity index (χ3n) is 3.88. The van der Waals surface area contributed by atoms with Crippen molar-refractivity contribution >= 4 is 16.8 Å². The first-order chi connectivity index (χ1) is 11.3. The average molecular weight is 324 g/mol. The van der Waals surface area contributed by atoms with Crippen LogP contribution in [0.25, 0.3) is 10.9 Å². The topological polar surface area (TPSA) is 80.9 Å². The van der Waals surface area contributed by atoms with E-state index in [0.29, 0.717) is 17.3 Å². The standard InChI is InChI=1S/C18H20N4O2/c1-9-6-10(2)16-14(7-9)15(8-11(3)19-16)17(23)20-12(4)18-22-21-13(5)24-18/h6-8,12H,1-5H3,(H,20,23). The van der Waals surface area contributed by atoms with Gasteiger partial charge in [0.25, 0.3) is 5.91 Å². The largest absolute Gasteiger partial charge is 0.423 e. The molecule has 6 heteroatoms. The van der Waals surface area contributed by atoms with Crippen LogP contribution in [0.3, 0.4) is 0 Å². The van der Waals surface area contributed by atoms with E-state index < -0.39 is 0 Å².